The van der Waals surface area contributed by atoms with Crippen LogP contribution in [0, 0.1) is 5.82 Å². The Morgan fingerprint density at radius 3 is 2.52 bits per heavy atom. The molecule has 0 fully saturated rings. The molecule has 0 bridgehead atoms. The average Bonchev–Trinajstić information content (AvgIpc) is 3.20. The van der Waals surface area contributed by atoms with E-state index < -0.39 is 15.9 Å². The number of hydrogen-bond acceptors (Lipinski definition) is 7. The van der Waals surface area contributed by atoms with Crippen LogP contribution in [0.25, 0.3) is 5.69 Å². The van der Waals surface area contributed by atoms with Crippen LogP contribution in [0.15, 0.2) is 30.5 Å². The van der Waals surface area contributed by atoms with E-state index in [2.05, 4.69) is 25.3 Å². The Morgan fingerprint density at radius 2 is 1.89 bits per heavy atom. The number of rotatable bonds is 6. The minimum atomic E-state index is -3.48. The summed E-state index contributed by atoms with van der Waals surface area (Å²) in [6.07, 6.45) is 2.91. The highest BCUT2D eigenvalue weighted by Gasteiger charge is 2.19. The van der Waals surface area contributed by atoms with E-state index in [4.69, 9.17) is 0 Å². The van der Waals surface area contributed by atoms with Crippen molar-refractivity contribution in [2.75, 3.05) is 16.3 Å². The smallest absolute Gasteiger partial charge is 0.260 e. The number of aromatic nitrogens is 4. The molecule has 2 heterocycles. The highest BCUT2D eigenvalue weighted by atomic mass is 32.2. The highest BCUT2D eigenvalue weighted by Crippen LogP contribution is 2.23. The molecule has 0 saturated heterocycles. The summed E-state index contributed by atoms with van der Waals surface area (Å²) < 4.78 is 39.3. The Hall–Kier alpha value is -2.86. The van der Waals surface area contributed by atoms with Gasteiger partial charge >= 0.3 is 0 Å². The van der Waals surface area contributed by atoms with Gasteiger partial charge in [0.2, 0.25) is 20.3 Å². The first kappa shape index (κ1) is 18.9. The number of carbonyl (C=O) groups is 1. The van der Waals surface area contributed by atoms with Crippen LogP contribution >= 0.6 is 11.3 Å². The van der Waals surface area contributed by atoms with Crippen LogP contribution < -0.4 is 10.0 Å². The molecule has 0 saturated carbocycles. The second-order valence-corrected chi connectivity index (χ2v) is 8.21. The topological polar surface area (TPSA) is 119 Å². The van der Waals surface area contributed by atoms with Crippen LogP contribution in [0.5, 0.6) is 0 Å². The largest absolute Gasteiger partial charge is 0.296 e. The first-order valence-electron chi connectivity index (χ1n) is 7.72. The summed E-state index contributed by atoms with van der Waals surface area (Å²) in [4.78, 5) is 12.6. The maximum absolute atomic E-state index is 13.1. The van der Waals surface area contributed by atoms with Gasteiger partial charge in [0.15, 0.2) is 0 Å². The maximum Gasteiger partial charge on any atom is 0.260 e. The molecule has 27 heavy (non-hydrogen) atoms. The molecule has 1 aromatic carbocycles. The van der Waals surface area contributed by atoms with E-state index in [0.29, 0.717) is 23.4 Å². The number of hydrogen-bond donors (Lipinski definition) is 2. The van der Waals surface area contributed by atoms with Crippen LogP contribution in [-0.2, 0) is 16.4 Å². The van der Waals surface area contributed by atoms with Gasteiger partial charge in [0.25, 0.3) is 5.91 Å². The molecule has 142 valence electrons. The standard InChI is InChI=1S/C15H15FN6O3S2/c1-3-12-11(8-17-22(12)10-6-4-9(16)5-7-10)13(23)18-14-19-20-15(26-14)21-27(2,24)25/h4-8H,3H2,1-2H3,(H,20,21)(H,18,19,23). The predicted molar refractivity (Wildman–Crippen MR) is 99.2 cm³/mol. The van der Waals surface area contributed by atoms with E-state index in [1.165, 1.54) is 18.3 Å². The van der Waals surface area contributed by atoms with Crippen LogP contribution in [0.3, 0.4) is 0 Å². The number of anilines is 2. The number of carbonyl (C=O) groups excluding carboxylic acids is 1. The van der Waals surface area contributed by atoms with Gasteiger partial charge in [0, 0.05) is 0 Å². The van der Waals surface area contributed by atoms with Crippen LogP contribution in [0.4, 0.5) is 14.7 Å². The van der Waals surface area contributed by atoms with Crippen molar-refractivity contribution in [3.8, 4) is 5.69 Å². The van der Waals surface area contributed by atoms with Crippen LogP contribution in [0.2, 0.25) is 0 Å². The number of benzene rings is 1. The van der Waals surface area contributed by atoms with Gasteiger partial charge in [0.1, 0.15) is 5.82 Å². The molecule has 0 unspecified atom stereocenters. The summed E-state index contributed by atoms with van der Waals surface area (Å²) in [5.74, 6) is -0.820. The molecule has 9 nitrogen and oxygen atoms in total. The Morgan fingerprint density at radius 1 is 1.22 bits per heavy atom. The molecule has 0 aliphatic rings. The molecule has 1 amide bonds. The van der Waals surface area contributed by atoms with Gasteiger partial charge in [-0.25, -0.2) is 17.5 Å². The van der Waals surface area contributed by atoms with Gasteiger partial charge < -0.3 is 0 Å². The van der Waals surface area contributed by atoms with Crippen molar-refractivity contribution in [3.05, 3.63) is 47.5 Å². The van der Waals surface area contributed by atoms with Gasteiger partial charge in [-0.05, 0) is 30.7 Å². The third-order valence-corrected chi connectivity index (χ3v) is 4.89. The van der Waals surface area contributed by atoms with Gasteiger partial charge in [-0.2, -0.15) is 5.10 Å². The number of nitrogens with zero attached hydrogens (tertiary/aromatic N) is 4. The Labute approximate surface area is 158 Å². The lowest BCUT2D eigenvalue weighted by molar-refractivity contribution is 0.102. The van der Waals surface area contributed by atoms with E-state index in [9.17, 15) is 17.6 Å². The summed E-state index contributed by atoms with van der Waals surface area (Å²) >= 11 is 0.888. The SMILES string of the molecule is CCc1c(C(=O)Nc2nnc(NS(C)(=O)=O)s2)cnn1-c1ccc(F)cc1. The summed E-state index contributed by atoms with van der Waals surface area (Å²) in [6, 6.07) is 5.76. The minimum Gasteiger partial charge on any atom is -0.296 e. The highest BCUT2D eigenvalue weighted by molar-refractivity contribution is 7.92. The van der Waals surface area contributed by atoms with Gasteiger partial charge in [-0.3, -0.25) is 14.8 Å². The molecule has 3 rings (SSSR count). The number of halogens is 1. The van der Waals surface area contributed by atoms with Crippen molar-refractivity contribution in [1.82, 2.24) is 20.0 Å². The lowest BCUT2D eigenvalue weighted by atomic mass is 10.2. The second-order valence-electron chi connectivity index (χ2n) is 5.49. The zero-order valence-electron chi connectivity index (χ0n) is 14.3. The lowest BCUT2D eigenvalue weighted by Crippen LogP contribution is -2.14. The molecule has 0 atom stereocenters. The van der Waals surface area contributed by atoms with E-state index in [1.807, 2.05) is 6.92 Å². The van der Waals surface area contributed by atoms with E-state index in [-0.39, 0.29) is 16.1 Å². The normalized spacial score (nSPS) is 11.4. The third kappa shape index (κ3) is 4.46. The predicted octanol–water partition coefficient (Wildman–Crippen LogP) is 2.05. The molecule has 0 aliphatic carbocycles. The zero-order chi connectivity index (χ0) is 19.6. The van der Waals surface area contributed by atoms with E-state index in [1.54, 1.807) is 16.8 Å². The van der Waals surface area contributed by atoms with E-state index >= 15 is 0 Å². The lowest BCUT2D eigenvalue weighted by Gasteiger charge is -2.07. The Bertz CT molecular complexity index is 1080. The fourth-order valence-electron chi connectivity index (χ4n) is 2.35. The first-order valence-corrected chi connectivity index (χ1v) is 10.4. The molecule has 3 aromatic rings. The van der Waals surface area contributed by atoms with E-state index in [0.717, 1.165) is 17.6 Å². The average molecular weight is 410 g/mol. The number of sulfonamides is 1. The monoisotopic (exact) mass is 410 g/mol. The fraction of sp³-hybridized carbons (Fsp3) is 0.200. The second kappa shape index (κ2) is 7.40. The van der Waals surface area contributed by atoms with Crippen molar-refractivity contribution in [3.63, 3.8) is 0 Å². The zero-order valence-corrected chi connectivity index (χ0v) is 15.9. The van der Waals surface area contributed by atoms with Crippen molar-refractivity contribution >= 4 is 37.5 Å². The summed E-state index contributed by atoms with van der Waals surface area (Å²) in [5.41, 5.74) is 1.59. The Kier molecular flexibility index (Phi) is 5.19. The quantitative estimate of drug-likeness (QED) is 0.642. The molecule has 12 heteroatoms. The molecule has 0 aliphatic heterocycles. The van der Waals surface area contributed by atoms with Crippen molar-refractivity contribution in [2.45, 2.75) is 13.3 Å². The number of amides is 1. The van der Waals surface area contributed by atoms with Crippen molar-refractivity contribution in [1.29, 1.82) is 0 Å². The molecular formula is C15H15FN6O3S2. The van der Waals surface area contributed by atoms with Crippen molar-refractivity contribution < 1.29 is 17.6 Å². The fourth-order valence-corrected chi connectivity index (χ4v) is 3.82. The molecule has 0 radical (unpaired) electrons. The minimum absolute atomic E-state index is 0.0468. The molecule has 2 N–H and O–H groups in total. The summed E-state index contributed by atoms with van der Waals surface area (Å²) in [7, 11) is -3.48. The van der Waals surface area contributed by atoms with Crippen molar-refractivity contribution in [2.24, 2.45) is 0 Å². The summed E-state index contributed by atoms with van der Waals surface area (Å²) in [5, 5.41) is 14.4. The Balaban J connectivity index is 1.82. The molecule has 2 aromatic heterocycles. The molecule has 0 spiro atoms. The first-order chi connectivity index (χ1) is 12.8. The van der Waals surface area contributed by atoms with Gasteiger partial charge in [-0.15, -0.1) is 10.2 Å². The summed E-state index contributed by atoms with van der Waals surface area (Å²) in [6.45, 7) is 1.87. The maximum atomic E-state index is 13.1. The molecular weight excluding hydrogens is 395 g/mol. The number of nitrogens with one attached hydrogen (secondary N) is 2. The van der Waals surface area contributed by atoms with Crippen LogP contribution in [-0.4, -0.2) is 40.6 Å². The van der Waals surface area contributed by atoms with Gasteiger partial charge in [0.05, 0.1) is 29.4 Å². The third-order valence-electron chi connectivity index (χ3n) is 3.44. The van der Waals surface area contributed by atoms with Gasteiger partial charge in [-0.1, -0.05) is 18.3 Å². The van der Waals surface area contributed by atoms with Crippen LogP contribution in [0.1, 0.15) is 23.0 Å².